The first-order valence-electron chi connectivity index (χ1n) is 4.87. The van der Waals surface area contributed by atoms with Crippen LogP contribution < -0.4 is 5.56 Å². The minimum absolute atomic E-state index is 0.134. The molecule has 0 N–H and O–H groups in total. The van der Waals surface area contributed by atoms with Gasteiger partial charge in [-0.1, -0.05) is 24.1 Å². The van der Waals surface area contributed by atoms with E-state index < -0.39 is 0 Å². The summed E-state index contributed by atoms with van der Waals surface area (Å²) in [6.07, 6.45) is 0. The molecule has 3 heteroatoms. The van der Waals surface area contributed by atoms with Crippen LogP contribution in [0.5, 0.6) is 0 Å². The first kappa shape index (κ1) is 10.2. The molecule has 0 saturated carbocycles. The van der Waals surface area contributed by atoms with Crippen LogP contribution >= 0.6 is 0 Å². The van der Waals surface area contributed by atoms with E-state index in [9.17, 15) is 4.79 Å². The van der Waals surface area contributed by atoms with Gasteiger partial charge in [-0.25, -0.2) is 4.68 Å². The van der Waals surface area contributed by atoms with Crippen LogP contribution in [0.15, 0.2) is 47.3 Å². The van der Waals surface area contributed by atoms with Crippen molar-refractivity contribution in [3.05, 3.63) is 64.1 Å². The normalized spacial score (nSPS) is 9.31. The first-order valence-corrected chi connectivity index (χ1v) is 4.87. The van der Waals surface area contributed by atoms with E-state index >= 15 is 0 Å². The number of benzene rings is 1. The van der Waals surface area contributed by atoms with Crippen LogP contribution in [0.2, 0.25) is 0 Å². The number of rotatable bonds is 0. The van der Waals surface area contributed by atoms with Gasteiger partial charge in [-0.15, -0.1) is 0 Å². The maximum atomic E-state index is 11.1. The largest absolute Gasteiger partial charge is 0.268 e. The zero-order chi connectivity index (χ0) is 11.4. The molecule has 2 rings (SSSR count). The van der Waals surface area contributed by atoms with Crippen molar-refractivity contribution in [3.63, 3.8) is 0 Å². The van der Waals surface area contributed by atoms with E-state index in [2.05, 4.69) is 16.9 Å². The van der Waals surface area contributed by atoms with Gasteiger partial charge in [-0.2, -0.15) is 5.10 Å². The Kier molecular flexibility index (Phi) is 2.84. The molecule has 0 atom stereocenters. The lowest BCUT2D eigenvalue weighted by molar-refractivity contribution is 0.702. The lowest BCUT2D eigenvalue weighted by Gasteiger charge is -1.94. The van der Waals surface area contributed by atoms with Crippen molar-refractivity contribution in [3.8, 4) is 11.8 Å². The highest BCUT2D eigenvalue weighted by Crippen LogP contribution is 1.95. The molecule has 1 aromatic carbocycles. The van der Waals surface area contributed by atoms with Gasteiger partial charge in [0.05, 0.1) is 0 Å². The predicted molar refractivity (Wildman–Crippen MR) is 61.9 cm³/mol. The number of hydrogen-bond acceptors (Lipinski definition) is 2. The fourth-order valence-electron chi connectivity index (χ4n) is 1.23. The van der Waals surface area contributed by atoms with Gasteiger partial charge in [0.1, 0.15) is 5.69 Å². The molecule has 0 bridgehead atoms. The number of aryl methyl sites for hydroxylation is 1. The quantitative estimate of drug-likeness (QED) is 0.612. The molecular weight excluding hydrogens is 200 g/mol. The average Bonchev–Trinajstić information content (AvgIpc) is 2.32. The Morgan fingerprint density at radius 1 is 1.06 bits per heavy atom. The van der Waals surface area contributed by atoms with E-state index in [4.69, 9.17) is 0 Å². The molecule has 0 amide bonds. The molecule has 16 heavy (non-hydrogen) atoms. The van der Waals surface area contributed by atoms with Gasteiger partial charge in [0, 0.05) is 18.7 Å². The summed E-state index contributed by atoms with van der Waals surface area (Å²) in [6, 6.07) is 12.7. The summed E-state index contributed by atoms with van der Waals surface area (Å²) < 4.78 is 1.27. The third-order valence-electron chi connectivity index (χ3n) is 2.07. The third kappa shape index (κ3) is 2.37. The lowest BCUT2D eigenvalue weighted by atomic mass is 10.2. The van der Waals surface area contributed by atoms with E-state index in [0.29, 0.717) is 5.69 Å². The zero-order valence-corrected chi connectivity index (χ0v) is 8.84. The van der Waals surface area contributed by atoms with Crippen molar-refractivity contribution in [2.24, 2.45) is 7.05 Å². The summed E-state index contributed by atoms with van der Waals surface area (Å²) in [6.45, 7) is 0. The Labute approximate surface area is 93.4 Å². The topological polar surface area (TPSA) is 34.9 Å². The highest BCUT2D eigenvalue weighted by atomic mass is 16.1. The fourth-order valence-corrected chi connectivity index (χ4v) is 1.23. The molecule has 2 aromatic rings. The van der Waals surface area contributed by atoms with Gasteiger partial charge < -0.3 is 0 Å². The molecule has 0 saturated heterocycles. The molecule has 0 fully saturated rings. The summed E-state index contributed by atoms with van der Waals surface area (Å²) in [5.41, 5.74) is 1.38. The van der Waals surface area contributed by atoms with Gasteiger partial charge in [-0.05, 0) is 24.1 Å². The summed E-state index contributed by atoms with van der Waals surface area (Å²) in [5, 5.41) is 4.02. The van der Waals surface area contributed by atoms with Gasteiger partial charge in [0.25, 0.3) is 5.56 Å². The van der Waals surface area contributed by atoms with E-state index in [1.165, 1.54) is 10.7 Å². The summed E-state index contributed by atoms with van der Waals surface area (Å²) in [7, 11) is 1.61. The van der Waals surface area contributed by atoms with Crippen molar-refractivity contribution in [1.29, 1.82) is 0 Å². The maximum absolute atomic E-state index is 11.1. The van der Waals surface area contributed by atoms with E-state index in [1.807, 2.05) is 30.3 Å². The smallest absolute Gasteiger partial charge is 0.266 e. The van der Waals surface area contributed by atoms with Gasteiger partial charge >= 0.3 is 0 Å². The van der Waals surface area contributed by atoms with Gasteiger partial charge in [0.2, 0.25) is 0 Å². The number of nitrogens with zero attached hydrogens (tertiary/aromatic N) is 2. The van der Waals surface area contributed by atoms with Crippen LogP contribution in [-0.4, -0.2) is 9.78 Å². The predicted octanol–water partition coefficient (Wildman–Crippen LogP) is 1.18. The molecule has 78 valence electrons. The molecule has 1 heterocycles. The molecule has 0 aliphatic heterocycles. The summed E-state index contributed by atoms with van der Waals surface area (Å²) >= 11 is 0. The summed E-state index contributed by atoms with van der Waals surface area (Å²) in [5.74, 6) is 5.89. The summed E-state index contributed by atoms with van der Waals surface area (Å²) in [4.78, 5) is 11.1. The van der Waals surface area contributed by atoms with Crippen LogP contribution in [0.1, 0.15) is 11.3 Å². The Morgan fingerprint density at radius 3 is 2.50 bits per heavy atom. The average molecular weight is 210 g/mol. The molecule has 0 spiro atoms. The highest BCUT2D eigenvalue weighted by molar-refractivity contribution is 5.39. The Hall–Kier alpha value is -2.34. The van der Waals surface area contributed by atoms with Crippen LogP contribution in [0, 0.1) is 11.8 Å². The lowest BCUT2D eigenvalue weighted by Crippen LogP contribution is -2.18. The minimum atomic E-state index is -0.134. The standard InChI is InChI=1S/C13H10N2O/c1-15-13(16)10-9-12(14-15)8-7-11-5-3-2-4-6-11/h2-6,9-10H,1H3. The molecule has 0 aliphatic carbocycles. The molecule has 0 unspecified atom stereocenters. The van der Waals surface area contributed by atoms with Crippen molar-refractivity contribution in [2.75, 3.05) is 0 Å². The Bertz CT molecular complexity index is 603. The second-order valence-corrected chi connectivity index (χ2v) is 3.30. The van der Waals surface area contributed by atoms with Gasteiger partial charge in [-0.3, -0.25) is 4.79 Å². The zero-order valence-electron chi connectivity index (χ0n) is 8.84. The third-order valence-corrected chi connectivity index (χ3v) is 2.07. The SMILES string of the molecule is Cn1nc(C#Cc2ccccc2)ccc1=O. The number of hydrogen-bond donors (Lipinski definition) is 0. The van der Waals surface area contributed by atoms with E-state index in [1.54, 1.807) is 13.1 Å². The molecule has 3 nitrogen and oxygen atoms in total. The monoisotopic (exact) mass is 210 g/mol. The van der Waals surface area contributed by atoms with Crippen molar-refractivity contribution < 1.29 is 0 Å². The van der Waals surface area contributed by atoms with Crippen LogP contribution in [0.3, 0.4) is 0 Å². The Balaban J connectivity index is 2.31. The first-order chi connectivity index (χ1) is 7.75. The highest BCUT2D eigenvalue weighted by Gasteiger charge is 1.92. The van der Waals surface area contributed by atoms with Crippen LogP contribution in [0.4, 0.5) is 0 Å². The van der Waals surface area contributed by atoms with Crippen LogP contribution in [0.25, 0.3) is 0 Å². The minimum Gasteiger partial charge on any atom is -0.268 e. The van der Waals surface area contributed by atoms with E-state index in [0.717, 1.165) is 5.56 Å². The second-order valence-electron chi connectivity index (χ2n) is 3.30. The second kappa shape index (κ2) is 4.45. The Morgan fingerprint density at radius 2 is 1.81 bits per heavy atom. The fraction of sp³-hybridized carbons (Fsp3) is 0.0769. The van der Waals surface area contributed by atoms with E-state index in [-0.39, 0.29) is 5.56 Å². The van der Waals surface area contributed by atoms with Gasteiger partial charge in [0.15, 0.2) is 0 Å². The molecular formula is C13H10N2O. The molecule has 1 aromatic heterocycles. The maximum Gasteiger partial charge on any atom is 0.266 e. The van der Waals surface area contributed by atoms with Crippen molar-refractivity contribution >= 4 is 0 Å². The van der Waals surface area contributed by atoms with Crippen LogP contribution in [-0.2, 0) is 7.05 Å². The number of aromatic nitrogens is 2. The molecule has 0 aliphatic rings. The van der Waals surface area contributed by atoms with Crippen molar-refractivity contribution in [1.82, 2.24) is 9.78 Å². The molecule has 0 radical (unpaired) electrons. The van der Waals surface area contributed by atoms with Crippen molar-refractivity contribution in [2.45, 2.75) is 0 Å².